The van der Waals surface area contributed by atoms with Crippen LogP contribution in [0.4, 0.5) is 0 Å². The first kappa shape index (κ1) is 18.2. The fraction of sp³-hybridized carbons (Fsp3) is 0.643. The molecule has 0 aliphatic carbocycles. The molecule has 0 bridgehead atoms. The highest BCUT2D eigenvalue weighted by molar-refractivity contribution is 5.85. The number of halogens is 2. The predicted octanol–water partition coefficient (Wildman–Crippen LogP) is 1.40. The molecule has 0 aromatic carbocycles. The van der Waals surface area contributed by atoms with E-state index in [9.17, 15) is 0 Å². The molecule has 4 rings (SSSR count). The molecule has 2 aromatic rings. The third kappa shape index (κ3) is 3.52. The van der Waals surface area contributed by atoms with Gasteiger partial charge >= 0.3 is 0 Å². The lowest BCUT2D eigenvalue weighted by Gasteiger charge is -2.09. The first-order valence-corrected chi connectivity index (χ1v) is 7.59. The van der Waals surface area contributed by atoms with Gasteiger partial charge in [-0.25, -0.2) is 14.6 Å². The van der Waals surface area contributed by atoms with Gasteiger partial charge in [-0.1, -0.05) is 0 Å². The van der Waals surface area contributed by atoms with Crippen LogP contribution in [0.1, 0.15) is 24.1 Å². The molecule has 0 spiro atoms. The Bertz CT molecular complexity index is 626. The maximum Gasteiger partial charge on any atom is 0.178 e. The highest BCUT2D eigenvalue weighted by Crippen LogP contribution is 2.25. The van der Waals surface area contributed by atoms with E-state index in [-0.39, 0.29) is 30.9 Å². The van der Waals surface area contributed by atoms with Crippen LogP contribution in [0.25, 0.3) is 11.5 Å². The van der Waals surface area contributed by atoms with Crippen molar-refractivity contribution in [2.75, 3.05) is 26.3 Å². The van der Waals surface area contributed by atoms with Gasteiger partial charge < -0.3 is 14.6 Å². The van der Waals surface area contributed by atoms with Crippen molar-refractivity contribution in [3.8, 4) is 11.5 Å². The predicted molar refractivity (Wildman–Crippen MR) is 91.5 cm³/mol. The van der Waals surface area contributed by atoms with Crippen LogP contribution in [0, 0.1) is 6.92 Å². The zero-order valence-electron chi connectivity index (χ0n) is 13.1. The van der Waals surface area contributed by atoms with Gasteiger partial charge in [0.05, 0.1) is 12.6 Å². The average Bonchev–Trinajstić information content (AvgIpc) is 3.16. The number of hydrogen-bond donors (Lipinski definition) is 1. The molecular weight excluding hydrogens is 339 g/mol. The van der Waals surface area contributed by atoms with Crippen LogP contribution in [-0.2, 0) is 17.7 Å². The number of nitrogens with one attached hydrogen (secondary N) is 1. The van der Waals surface area contributed by atoms with E-state index >= 15 is 0 Å². The second kappa shape index (κ2) is 7.61. The monoisotopic (exact) mass is 360 g/mol. The Balaban J connectivity index is 0.000000960. The van der Waals surface area contributed by atoms with E-state index < -0.39 is 0 Å². The van der Waals surface area contributed by atoms with Gasteiger partial charge in [0, 0.05) is 38.9 Å². The number of ether oxygens (including phenoxy) is 1. The largest absolute Gasteiger partial charge is 0.379 e. The molecule has 9 heteroatoms. The maximum absolute atomic E-state index is 5.49. The van der Waals surface area contributed by atoms with E-state index in [1.54, 1.807) is 0 Å². The fourth-order valence-electron chi connectivity index (χ4n) is 3.05. The quantitative estimate of drug-likeness (QED) is 0.876. The Morgan fingerprint density at radius 3 is 2.91 bits per heavy atom. The molecule has 128 valence electrons. The summed E-state index contributed by atoms with van der Waals surface area (Å²) in [6, 6.07) is 0.282. The maximum atomic E-state index is 5.49. The molecule has 0 amide bonds. The van der Waals surface area contributed by atoms with E-state index in [1.807, 2.05) is 11.6 Å². The summed E-state index contributed by atoms with van der Waals surface area (Å²) in [6.07, 6.45) is 4.06. The lowest BCUT2D eigenvalue weighted by atomic mass is 10.2. The smallest absolute Gasteiger partial charge is 0.178 e. The number of imidazole rings is 1. The van der Waals surface area contributed by atoms with Crippen LogP contribution in [0.5, 0.6) is 0 Å². The molecule has 0 saturated carbocycles. The summed E-state index contributed by atoms with van der Waals surface area (Å²) < 4.78 is 9.72. The number of rotatable bonds is 2. The van der Waals surface area contributed by atoms with Crippen molar-refractivity contribution >= 4 is 24.8 Å². The molecule has 1 saturated heterocycles. The van der Waals surface area contributed by atoms with Crippen molar-refractivity contribution in [2.24, 2.45) is 0 Å². The van der Waals surface area contributed by atoms with Crippen LogP contribution in [0.3, 0.4) is 0 Å². The summed E-state index contributed by atoms with van der Waals surface area (Å²) in [7, 11) is 0. The minimum Gasteiger partial charge on any atom is -0.379 e. The molecule has 2 aliphatic heterocycles. The van der Waals surface area contributed by atoms with E-state index in [4.69, 9.17) is 9.72 Å². The van der Waals surface area contributed by atoms with Crippen LogP contribution < -0.4 is 5.32 Å². The van der Waals surface area contributed by atoms with Crippen molar-refractivity contribution < 1.29 is 4.74 Å². The SMILES string of the molecule is Cc1nc(-c2cn3c(n2)CCNCC3)n(C2CCOC2)n1.Cl.Cl. The van der Waals surface area contributed by atoms with E-state index in [2.05, 4.69) is 26.2 Å². The highest BCUT2D eigenvalue weighted by Gasteiger charge is 2.25. The highest BCUT2D eigenvalue weighted by atomic mass is 35.5. The van der Waals surface area contributed by atoms with Crippen LogP contribution in [-0.4, -0.2) is 50.6 Å². The first-order chi connectivity index (χ1) is 10.3. The van der Waals surface area contributed by atoms with Crippen LogP contribution in [0.2, 0.25) is 0 Å². The molecule has 2 aromatic heterocycles. The van der Waals surface area contributed by atoms with E-state index in [1.165, 1.54) is 0 Å². The van der Waals surface area contributed by atoms with Crippen molar-refractivity contribution in [1.29, 1.82) is 0 Å². The summed E-state index contributed by atoms with van der Waals surface area (Å²) in [6.45, 7) is 6.38. The Labute approximate surface area is 147 Å². The van der Waals surface area contributed by atoms with Gasteiger partial charge in [0.15, 0.2) is 5.82 Å². The van der Waals surface area contributed by atoms with Gasteiger partial charge in [0.1, 0.15) is 17.3 Å². The zero-order valence-corrected chi connectivity index (χ0v) is 14.7. The summed E-state index contributed by atoms with van der Waals surface area (Å²) in [4.78, 5) is 9.38. The van der Waals surface area contributed by atoms with Crippen molar-refractivity contribution in [3.05, 3.63) is 17.8 Å². The second-order valence-electron chi connectivity index (χ2n) is 5.68. The van der Waals surface area contributed by atoms with Crippen molar-refractivity contribution in [2.45, 2.75) is 32.4 Å². The first-order valence-electron chi connectivity index (χ1n) is 7.59. The molecule has 1 atom stereocenters. The number of hydrogen-bond acceptors (Lipinski definition) is 5. The summed E-state index contributed by atoms with van der Waals surface area (Å²) >= 11 is 0. The van der Waals surface area contributed by atoms with Gasteiger partial charge in [0.25, 0.3) is 0 Å². The Hall–Kier alpha value is -1.15. The standard InChI is InChI=1S/C14H20N6O.2ClH/c1-10-16-14(20(18-10)11-3-7-21-9-11)12-8-19-6-5-15-4-2-13(19)17-12;;/h8,11,15H,2-7,9H2,1H3;2*1H. The second-order valence-corrected chi connectivity index (χ2v) is 5.68. The van der Waals surface area contributed by atoms with Crippen LogP contribution >= 0.6 is 24.8 Å². The molecule has 1 fully saturated rings. The Morgan fingerprint density at radius 2 is 2.13 bits per heavy atom. The Morgan fingerprint density at radius 1 is 1.26 bits per heavy atom. The normalized spacial score (nSPS) is 20.3. The molecule has 7 nitrogen and oxygen atoms in total. The molecule has 23 heavy (non-hydrogen) atoms. The van der Waals surface area contributed by atoms with Gasteiger partial charge in [-0.2, -0.15) is 5.10 Å². The summed E-state index contributed by atoms with van der Waals surface area (Å²) in [5, 5.41) is 7.95. The Kier molecular flexibility index (Phi) is 6.02. The van der Waals surface area contributed by atoms with E-state index in [0.29, 0.717) is 6.61 Å². The number of aromatic nitrogens is 5. The fourth-order valence-corrected chi connectivity index (χ4v) is 3.05. The molecular formula is C14H22Cl2N6O. The van der Waals surface area contributed by atoms with E-state index in [0.717, 1.165) is 62.2 Å². The summed E-state index contributed by atoms with van der Waals surface area (Å²) in [5.41, 5.74) is 0.930. The molecule has 1 N–H and O–H groups in total. The number of nitrogens with zero attached hydrogens (tertiary/aromatic N) is 5. The number of fused-ring (bicyclic) bond motifs is 1. The lowest BCUT2D eigenvalue weighted by molar-refractivity contribution is 0.184. The topological polar surface area (TPSA) is 69.8 Å². The zero-order chi connectivity index (χ0) is 14.2. The average molecular weight is 361 g/mol. The van der Waals surface area contributed by atoms with Gasteiger partial charge in [-0.3, -0.25) is 0 Å². The van der Waals surface area contributed by atoms with Gasteiger partial charge in [-0.15, -0.1) is 24.8 Å². The van der Waals surface area contributed by atoms with Crippen molar-refractivity contribution in [3.63, 3.8) is 0 Å². The molecule has 2 aliphatic rings. The van der Waals surface area contributed by atoms with Gasteiger partial charge in [-0.05, 0) is 13.3 Å². The summed E-state index contributed by atoms with van der Waals surface area (Å²) in [5.74, 6) is 2.79. The molecule has 0 radical (unpaired) electrons. The third-order valence-corrected chi connectivity index (χ3v) is 4.13. The van der Waals surface area contributed by atoms with Gasteiger partial charge in [0.2, 0.25) is 0 Å². The lowest BCUT2D eigenvalue weighted by Crippen LogP contribution is -2.17. The minimum absolute atomic E-state index is 0. The molecule has 4 heterocycles. The van der Waals surface area contributed by atoms with Crippen molar-refractivity contribution in [1.82, 2.24) is 29.6 Å². The number of aryl methyl sites for hydroxylation is 1. The van der Waals surface area contributed by atoms with Crippen LogP contribution in [0.15, 0.2) is 6.20 Å². The molecule has 1 unspecified atom stereocenters. The third-order valence-electron chi connectivity index (χ3n) is 4.13. The minimum atomic E-state index is 0.